The van der Waals surface area contributed by atoms with Gasteiger partial charge in [-0.1, -0.05) is 6.07 Å². The summed E-state index contributed by atoms with van der Waals surface area (Å²) in [5.41, 5.74) is 5.84. The Morgan fingerprint density at radius 1 is 1.04 bits per heavy atom. The number of nitriles is 1. The van der Waals surface area contributed by atoms with E-state index in [9.17, 15) is 0 Å². The molecule has 5 rings (SSSR count). The van der Waals surface area contributed by atoms with Crippen molar-refractivity contribution < 1.29 is 0 Å². The Labute approximate surface area is 163 Å². The average Bonchev–Trinajstić information content (AvgIpc) is 3.32. The van der Waals surface area contributed by atoms with Gasteiger partial charge in [-0.3, -0.25) is 10.00 Å². The smallest absolute Gasteiger partial charge is 0.116 e. The van der Waals surface area contributed by atoms with E-state index in [1.54, 1.807) is 0 Å². The zero-order valence-electron chi connectivity index (χ0n) is 15.9. The van der Waals surface area contributed by atoms with Crippen molar-refractivity contribution in [1.29, 1.82) is 5.26 Å². The molecule has 0 aliphatic carbocycles. The molecule has 1 aliphatic heterocycles. The molecular weight excluding hydrogens is 348 g/mol. The number of rotatable bonds is 3. The maximum Gasteiger partial charge on any atom is 0.116 e. The van der Waals surface area contributed by atoms with E-state index < -0.39 is 0 Å². The summed E-state index contributed by atoms with van der Waals surface area (Å²) >= 11 is 0. The van der Waals surface area contributed by atoms with Gasteiger partial charge in [-0.05, 0) is 49.0 Å². The fraction of sp³-hybridized carbons (Fsp3) is 0.273. The van der Waals surface area contributed by atoms with Crippen LogP contribution in [0.2, 0.25) is 0 Å². The standard InChI is InChI=1S/C22H22N6/c1-27-6-8-28(9-7-27)14-16-3-5-19-17(10-16)12-21(24-19)22-18-4-2-15(13-23)11-20(18)25-26-22/h2-5,10-12,24H,6-9,14H2,1H3,(H,25,26). The molecule has 28 heavy (non-hydrogen) atoms. The molecule has 0 atom stereocenters. The third-order valence-electron chi connectivity index (χ3n) is 5.63. The van der Waals surface area contributed by atoms with Crippen LogP contribution in [0.5, 0.6) is 0 Å². The summed E-state index contributed by atoms with van der Waals surface area (Å²) in [7, 11) is 2.19. The van der Waals surface area contributed by atoms with Crippen molar-refractivity contribution in [3.8, 4) is 17.5 Å². The quantitative estimate of drug-likeness (QED) is 0.580. The number of benzene rings is 2. The molecule has 2 N–H and O–H groups in total. The number of nitrogens with zero attached hydrogens (tertiary/aromatic N) is 4. The first kappa shape index (κ1) is 17.0. The van der Waals surface area contributed by atoms with E-state index in [1.807, 2.05) is 18.2 Å². The molecule has 1 aliphatic rings. The van der Waals surface area contributed by atoms with Crippen molar-refractivity contribution in [2.75, 3.05) is 33.2 Å². The van der Waals surface area contributed by atoms with Gasteiger partial charge < -0.3 is 9.88 Å². The minimum atomic E-state index is 0.632. The van der Waals surface area contributed by atoms with Crippen LogP contribution < -0.4 is 0 Å². The first-order valence-electron chi connectivity index (χ1n) is 9.61. The molecule has 1 fully saturated rings. The molecule has 2 aromatic heterocycles. The number of aromatic amines is 2. The Bertz CT molecular complexity index is 1190. The maximum absolute atomic E-state index is 9.08. The Morgan fingerprint density at radius 2 is 1.89 bits per heavy atom. The van der Waals surface area contributed by atoms with Crippen LogP contribution in [-0.2, 0) is 6.54 Å². The molecule has 0 bridgehead atoms. The van der Waals surface area contributed by atoms with E-state index in [0.29, 0.717) is 5.56 Å². The lowest BCUT2D eigenvalue weighted by molar-refractivity contribution is 0.148. The maximum atomic E-state index is 9.08. The molecule has 4 aromatic rings. The van der Waals surface area contributed by atoms with Crippen LogP contribution in [0.1, 0.15) is 11.1 Å². The highest BCUT2D eigenvalue weighted by molar-refractivity contribution is 5.96. The Kier molecular flexibility index (Phi) is 4.12. The van der Waals surface area contributed by atoms with Gasteiger partial charge in [-0.2, -0.15) is 10.4 Å². The van der Waals surface area contributed by atoms with Crippen LogP contribution >= 0.6 is 0 Å². The zero-order chi connectivity index (χ0) is 19.1. The van der Waals surface area contributed by atoms with Gasteiger partial charge in [-0.15, -0.1) is 0 Å². The fourth-order valence-electron chi connectivity index (χ4n) is 3.97. The number of hydrogen-bond donors (Lipinski definition) is 2. The Morgan fingerprint density at radius 3 is 2.71 bits per heavy atom. The van der Waals surface area contributed by atoms with Crippen LogP contribution in [0, 0.1) is 11.3 Å². The lowest BCUT2D eigenvalue weighted by atomic mass is 10.1. The number of likely N-dealkylation sites (N-methyl/N-ethyl adjacent to an activating group) is 1. The minimum Gasteiger partial charge on any atom is -0.353 e. The zero-order valence-corrected chi connectivity index (χ0v) is 15.9. The third kappa shape index (κ3) is 3.05. The minimum absolute atomic E-state index is 0.632. The van der Waals surface area contributed by atoms with Gasteiger partial charge in [0, 0.05) is 49.0 Å². The van der Waals surface area contributed by atoms with E-state index in [0.717, 1.165) is 60.5 Å². The van der Waals surface area contributed by atoms with Crippen molar-refractivity contribution >= 4 is 21.8 Å². The van der Waals surface area contributed by atoms with E-state index in [-0.39, 0.29) is 0 Å². The molecule has 0 radical (unpaired) electrons. The topological polar surface area (TPSA) is 74.7 Å². The van der Waals surface area contributed by atoms with Gasteiger partial charge in [0.05, 0.1) is 22.8 Å². The third-order valence-corrected chi connectivity index (χ3v) is 5.63. The molecule has 0 saturated carbocycles. The first-order chi connectivity index (χ1) is 13.7. The Hall–Kier alpha value is -3.14. The Balaban J connectivity index is 1.45. The summed E-state index contributed by atoms with van der Waals surface area (Å²) in [6, 6.07) is 16.6. The van der Waals surface area contributed by atoms with Crippen molar-refractivity contribution in [3.63, 3.8) is 0 Å². The summed E-state index contributed by atoms with van der Waals surface area (Å²) < 4.78 is 0. The normalized spacial score (nSPS) is 16.0. The highest BCUT2D eigenvalue weighted by atomic mass is 15.2. The van der Waals surface area contributed by atoms with E-state index >= 15 is 0 Å². The van der Waals surface area contributed by atoms with Crippen LogP contribution in [0.25, 0.3) is 33.2 Å². The van der Waals surface area contributed by atoms with Crippen LogP contribution in [0.4, 0.5) is 0 Å². The highest BCUT2D eigenvalue weighted by Gasteiger charge is 2.15. The molecule has 0 amide bonds. The second-order valence-electron chi connectivity index (χ2n) is 7.63. The number of aromatic nitrogens is 3. The number of hydrogen-bond acceptors (Lipinski definition) is 4. The molecule has 0 unspecified atom stereocenters. The second-order valence-corrected chi connectivity index (χ2v) is 7.63. The first-order valence-corrected chi connectivity index (χ1v) is 9.61. The van der Waals surface area contributed by atoms with Gasteiger partial charge in [0.15, 0.2) is 0 Å². The molecule has 0 spiro atoms. The van der Waals surface area contributed by atoms with Gasteiger partial charge >= 0.3 is 0 Å². The molecule has 1 saturated heterocycles. The monoisotopic (exact) mass is 370 g/mol. The summed E-state index contributed by atoms with van der Waals surface area (Å²) in [6.07, 6.45) is 0. The summed E-state index contributed by atoms with van der Waals surface area (Å²) in [6.45, 7) is 5.51. The molecule has 6 heteroatoms. The summed E-state index contributed by atoms with van der Waals surface area (Å²) in [5.74, 6) is 0. The summed E-state index contributed by atoms with van der Waals surface area (Å²) in [5, 5.41) is 18.8. The number of nitrogens with one attached hydrogen (secondary N) is 2. The molecular formula is C22H22N6. The van der Waals surface area contributed by atoms with Gasteiger partial charge in [-0.25, -0.2) is 0 Å². The lowest BCUT2D eigenvalue weighted by Crippen LogP contribution is -2.43. The largest absolute Gasteiger partial charge is 0.353 e. The van der Waals surface area contributed by atoms with E-state index in [4.69, 9.17) is 5.26 Å². The second kappa shape index (κ2) is 6.79. The van der Waals surface area contributed by atoms with E-state index in [2.05, 4.69) is 62.4 Å². The predicted molar refractivity (Wildman–Crippen MR) is 111 cm³/mol. The molecule has 6 nitrogen and oxygen atoms in total. The van der Waals surface area contributed by atoms with Crippen molar-refractivity contribution in [2.24, 2.45) is 0 Å². The van der Waals surface area contributed by atoms with Gasteiger partial charge in [0.25, 0.3) is 0 Å². The number of piperazine rings is 1. The van der Waals surface area contributed by atoms with Crippen LogP contribution in [0.15, 0.2) is 42.5 Å². The van der Waals surface area contributed by atoms with Crippen molar-refractivity contribution in [1.82, 2.24) is 25.0 Å². The lowest BCUT2D eigenvalue weighted by Gasteiger charge is -2.32. The summed E-state index contributed by atoms with van der Waals surface area (Å²) in [4.78, 5) is 8.39. The highest BCUT2D eigenvalue weighted by Crippen LogP contribution is 2.29. The average molecular weight is 370 g/mol. The SMILES string of the molecule is CN1CCN(Cc2ccc3[nH]c(-c4n[nH]c5cc(C#N)ccc45)cc3c2)CC1. The molecule has 140 valence electrons. The number of H-pyrrole nitrogens is 2. The van der Waals surface area contributed by atoms with Crippen molar-refractivity contribution in [2.45, 2.75) is 6.54 Å². The fourth-order valence-corrected chi connectivity index (χ4v) is 3.97. The predicted octanol–water partition coefficient (Wildman–Crippen LogP) is 3.33. The van der Waals surface area contributed by atoms with Crippen LogP contribution in [-0.4, -0.2) is 58.2 Å². The molecule has 3 heterocycles. The molecule has 2 aromatic carbocycles. The van der Waals surface area contributed by atoms with Crippen molar-refractivity contribution in [3.05, 3.63) is 53.6 Å². The van der Waals surface area contributed by atoms with Gasteiger partial charge in [0.1, 0.15) is 5.69 Å². The van der Waals surface area contributed by atoms with Crippen LogP contribution in [0.3, 0.4) is 0 Å². The van der Waals surface area contributed by atoms with E-state index in [1.165, 1.54) is 10.9 Å². The van der Waals surface area contributed by atoms with Gasteiger partial charge in [0.2, 0.25) is 0 Å². The number of fused-ring (bicyclic) bond motifs is 2.